The van der Waals surface area contributed by atoms with Crippen molar-refractivity contribution in [3.63, 3.8) is 0 Å². The number of aliphatic hydroxyl groups excluding tert-OH is 1. The Kier molecular flexibility index (Phi) is 6.05. The smallest absolute Gasteiger partial charge is 0.0577 e. The predicted octanol–water partition coefficient (Wildman–Crippen LogP) is 8.02. The van der Waals surface area contributed by atoms with E-state index in [-0.39, 0.29) is 6.10 Å². The fourth-order valence-corrected chi connectivity index (χ4v) is 8.76. The van der Waals surface area contributed by atoms with Crippen LogP contribution >= 0.6 is 0 Å². The molecule has 0 aromatic rings. The molecule has 0 aliphatic heterocycles. The van der Waals surface area contributed by atoms with E-state index in [1.807, 2.05) is 0 Å². The first-order valence-electron chi connectivity index (χ1n) is 13.3. The summed E-state index contributed by atoms with van der Waals surface area (Å²) in [5, 5.41) is 10.2. The van der Waals surface area contributed by atoms with E-state index in [0.29, 0.717) is 16.2 Å². The van der Waals surface area contributed by atoms with E-state index >= 15 is 0 Å². The molecule has 4 aliphatic rings. The van der Waals surface area contributed by atoms with Crippen LogP contribution in [0.2, 0.25) is 0 Å². The third-order valence-corrected chi connectivity index (χ3v) is 11.4. The van der Waals surface area contributed by atoms with Gasteiger partial charge in [0.15, 0.2) is 0 Å². The minimum atomic E-state index is -0.0815. The molecule has 9 atom stereocenters. The second kappa shape index (κ2) is 7.93. The largest absolute Gasteiger partial charge is 0.393 e. The van der Waals surface area contributed by atoms with Gasteiger partial charge in [-0.1, -0.05) is 66.5 Å². The van der Waals surface area contributed by atoms with Crippen LogP contribution in [0.1, 0.15) is 113 Å². The fraction of sp³-hybridized carbons (Fsp3) is 0.931. The van der Waals surface area contributed by atoms with Gasteiger partial charge in [0, 0.05) is 0 Å². The summed E-state index contributed by atoms with van der Waals surface area (Å²) in [6.45, 7) is 17.5. The Morgan fingerprint density at radius 3 is 2.43 bits per heavy atom. The summed E-state index contributed by atoms with van der Waals surface area (Å²) in [6, 6.07) is 0. The highest BCUT2D eigenvalue weighted by Crippen LogP contribution is 2.67. The highest BCUT2D eigenvalue weighted by Gasteiger charge is 2.59. The molecule has 0 aromatic carbocycles. The molecule has 1 nitrogen and oxygen atoms in total. The summed E-state index contributed by atoms with van der Waals surface area (Å²) in [5.41, 5.74) is 3.01. The number of hydrogen-bond acceptors (Lipinski definition) is 1. The van der Waals surface area contributed by atoms with Gasteiger partial charge in [-0.3, -0.25) is 0 Å². The molecule has 1 unspecified atom stereocenters. The Balaban J connectivity index is 1.47. The van der Waals surface area contributed by atoms with Gasteiger partial charge in [-0.2, -0.15) is 0 Å². The van der Waals surface area contributed by atoms with Gasteiger partial charge in [0.2, 0.25) is 0 Å². The minimum absolute atomic E-state index is 0.0815. The Labute approximate surface area is 187 Å². The topological polar surface area (TPSA) is 20.2 Å². The maximum absolute atomic E-state index is 10.2. The van der Waals surface area contributed by atoms with Crippen molar-refractivity contribution in [3.05, 3.63) is 11.6 Å². The maximum Gasteiger partial charge on any atom is 0.0577 e. The first-order valence-corrected chi connectivity index (χ1v) is 13.3. The second-order valence-corrected chi connectivity index (χ2v) is 13.7. The lowest BCUT2D eigenvalue weighted by atomic mass is 9.47. The summed E-state index contributed by atoms with van der Waals surface area (Å²) >= 11 is 0. The van der Waals surface area contributed by atoms with Crippen molar-refractivity contribution in [3.8, 4) is 0 Å². The lowest BCUT2D eigenvalue weighted by Crippen LogP contribution is -2.50. The van der Waals surface area contributed by atoms with Crippen LogP contribution < -0.4 is 0 Å². The molecule has 0 amide bonds. The lowest BCUT2D eigenvalue weighted by molar-refractivity contribution is -0.0576. The summed E-state index contributed by atoms with van der Waals surface area (Å²) in [6.07, 6.45) is 15.6. The minimum Gasteiger partial charge on any atom is -0.393 e. The van der Waals surface area contributed by atoms with Crippen LogP contribution in [-0.2, 0) is 0 Å². The van der Waals surface area contributed by atoms with Gasteiger partial charge in [-0.15, -0.1) is 0 Å². The molecule has 0 heterocycles. The van der Waals surface area contributed by atoms with Crippen molar-refractivity contribution in [2.75, 3.05) is 0 Å². The van der Waals surface area contributed by atoms with Crippen molar-refractivity contribution < 1.29 is 5.11 Å². The summed E-state index contributed by atoms with van der Waals surface area (Å²) < 4.78 is 0. The molecule has 4 aliphatic carbocycles. The van der Waals surface area contributed by atoms with Gasteiger partial charge in [0.05, 0.1) is 6.10 Å². The standard InChI is InChI=1S/C29H50O/c1-19(8-9-20(2)27(3,4)5)24-12-13-25-23-11-10-21-18-22(30)14-16-28(21,6)26(23)15-17-29(24,25)7/h10,19-20,22-26,30H,8-9,11-18H2,1-7H3/t19-,20?,22+,23+,24-,25+,26+,28+,29-/m1/s1. The lowest BCUT2D eigenvalue weighted by Gasteiger charge is -2.58. The molecule has 172 valence electrons. The molecule has 4 rings (SSSR count). The molecule has 3 saturated carbocycles. The van der Waals surface area contributed by atoms with Crippen molar-refractivity contribution in [1.82, 2.24) is 0 Å². The molecule has 0 spiro atoms. The zero-order chi connectivity index (χ0) is 21.9. The van der Waals surface area contributed by atoms with Gasteiger partial charge >= 0.3 is 0 Å². The van der Waals surface area contributed by atoms with Crippen LogP contribution in [0.5, 0.6) is 0 Å². The summed E-state index contributed by atoms with van der Waals surface area (Å²) in [5.74, 6) is 5.32. The number of hydrogen-bond donors (Lipinski definition) is 1. The van der Waals surface area contributed by atoms with Crippen LogP contribution in [0.4, 0.5) is 0 Å². The summed E-state index contributed by atoms with van der Waals surface area (Å²) in [7, 11) is 0. The molecule has 1 heteroatoms. The third-order valence-electron chi connectivity index (χ3n) is 11.4. The van der Waals surface area contributed by atoms with Crippen LogP contribution in [0.3, 0.4) is 0 Å². The Hall–Kier alpha value is -0.300. The molecule has 0 saturated heterocycles. The monoisotopic (exact) mass is 414 g/mol. The average molecular weight is 415 g/mol. The van der Waals surface area contributed by atoms with Crippen molar-refractivity contribution in [2.45, 2.75) is 119 Å². The SMILES string of the molecule is CC(CC[C@@H](C)[C@H]1CC[C@H]2[C@@H]3CC=C4C[C@@H](O)CC[C@]4(C)[C@H]3CC[C@]12C)C(C)(C)C. The van der Waals surface area contributed by atoms with E-state index in [0.717, 1.165) is 48.3 Å². The maximum atomic E-state index is 10.2. The second-order valence-electron chi connectivity index (χ2n) is 13.7. The van der Waals surface area contributed by atoms with Crippen molar-refractivity contribution >= 4 is 0 Å². The van der Waals surface area contributed by atoms with Crippen molar-refractivity contribution in [1.29, 1.82) is 0 Å². The highest BCUT2D eigenvalue weighted by molar-refractivity contribution is 5.25. The van der Waals surface area contributed by atoms with E-state index < -0.39 is 0 Å². The zero-order valence-corrected chi connectivity index (χ0v) is 21.1. The van der Waals surface area contributed by atoms with E-state index in [1.54, 1.807) is 5.57 Å². The van der Waals surface area contributed by atoms with Crippen LogP contribution in [0.15, 0.2) is 11.6 Å². The fourth-order valence-electron chi connectivity index (χ4n) is 8.76. The first-order chi connectivity index (χ1) is 14.0. The third kappa shape index (κ3) is 3.74. The van der Waals surface area contributed by atoms with E-state index in [9.17, 15) is 5.11 Å². The molecule has 1 N–H and O–H groups in total. The van der Waals surface area contributed by atoms with E-state index in [4.69, 9.17) is 0 Å². The van der Waals surface area contributed by atoms with E-state index in [2.05, 4.69) is 54.5 Å². The van der Waals surface area contributed by atoms with Gasteiger partial charge in [0.1, 0.15) is 0 Å². The summed E-state index contributed by atoms with van der Waals surface area (Å²) in [4.78, 5) is 0. The molecular formula is C29H50O. The number of fused-ring (bicyclic) bond motifs is 5. The van der Waals surface area contributed by atoms with Gasteiger partial charge in [0.25, 0.3) is 0 Å². The molecule has 30 heavy (non-hydrogen) atoms. The van der Waals surface area contributed by atoms with Crippen LogP contribution in [0, 0.1) is 51.8 Å². The molecule has 0 aromatic heterocycles. The average Bonchev–Trinajstić information content (AvgIpc) is 3.03. The Morgan fingerprint density at radius 1 is 1.00 bits per heavy atom. The highest BCUT2D eigenvalue weighted by atomic mass is 16.3. The van der Waals surface area contributed by atoms with Gasteiger partial charge < -0.3 is 5.11 Å². The van der Waals surface area contributed by atoms with Crippen LogP contribution in [-0.4, -0.2) is 11.2 Å². The normalized spacial score (nSPS) is 45.7. The van der Waals surface area contributed by atoms with E-state index in [1.165, 1.54) is 51.4 Å². The first kappa shape index (κ1) is 22.9. The zero-order valence-electron chi connectivity index (χ0n) is 21.1. The molecule has 0 bridgehead atoms. The molecular weight excluding hydrogens is 364 g/mol. The number of allylic oxidation sites excluding steroid dienone is 1. The number of rotatable bonds is 4. The Morgan fingerprint density at radius 2 is 1.73 bits per heavy atom. The quantitative estimate of drug-likeness (QED) is 0.462. The van der Waals surface area contributed by atoms with Crippen molar-refractivity contribution in [2.24, 2.45) is 51.8 Å². The Bertz CT molecular complexity index is 656. The number of aliphatic hydroxyl groups is 1. The molecule has 3 fully saturated rings. The molecule has 0 radical (unpaired) electrons. The van der Waals surface area contributed by atoms with Crippen LogP contribution in [0.25, 0.3) is 0 Å². The van der Waals surface area contributed by atoms with Gasteiger partial charge in [-0.25, -0.2) is 0 Å². The predicted molar refractivity (Wildman–Crippen MR) is 128 cm³/mol. The van der Waals surface area contributed by atoms with Gasteiger partial charge in [-0.05, 0) is 110 Å².